The van der Waals surface area contributed by atoms with E-state index in [1.54, 1.807) is 0 Å². The van der Waals surface area contributed by atoms with Crippen LogP contribution >= 0.6 is 0 Å². The van der Waals surface area contributed by atoms with Crippen LogP contribution in [0.15, 0.2) is 24.5 Å². The van der Waals surface area contributed by atoms with Crippen molar-refractivity contribution in [2.45, 2.75) is 25.2 Å². The van der Waals surface area contributed by atoms with Gasteiger partial charge in [-0.3, -0.25) is 0 Å². The molecule has 3 rings (SSSR count). The van der Waals surface area contributed by atoms with Crippen molar-refractivity contribution in [2.24, 2.45) is 0 Å². The summed E-state index contributed by atoms with van der Waals surface area (Å²) in [6.07, 6.45) is 7.85. The first-order valence-electron chi connectivity index (χ1n) is 5.28. The van der Waals surface area contributed by atoms with Crippen LogP contribution in [0.5, 0.6) is 0 Å². The maximum Gasteiger partial charge on any atom is 0.124 e. The predicted octanol–water partition coefficient (Wildman–Crippen LogP) is 1.95. The molecule has 76 valence electrons. The van der Waals surface area contributed by atoms with Gasteiger partial charge in [-0.25, -0.2) is 4.98 Å². The molecule has 0 N–H and O–H groups in total. The second-order valence-electron chi connectivity index (χ2n) is 4.09. The van der Waals surface area contributed by atoms with Crippen LogP contribution in [0, 0.1) is 0 Å². The molecule has 2 heterocycles. The van der Waals surface area contributed by atoms with E-state index in [0.717, 1.165) is 23.2 Å². The summed E-state index contributed by atoms with van der Waals surface area (Å²) in [4.78, 5) is 14.9. The van der Waals surface area contributed by atoms with E-state index in [9.17, 15) is 4.79 Å². The van der Waals surface area contributed by atoms with E-state index in [1.165, 1.54) is 12.8 Å². The molecule has 1 aliphatic rings. The van der Waals surface area contributed by atoms with E-state index >= 15 is 0 Å². The van der Waals surface area contributed by atoms with Crippen molar-refractivity contribution < 1.29 is 4.79 Å². The summed E-state index contributed by atoms with van der Waals surface area (Å²) in [5.74, 6) is 1.79. The number of fused-ring (bicyclic) bond motifs is 1. The van der Waals surface area contributed by atoms with Crippen molar-refractivity contribution in [3.05, 3.63) is 35.9 Å². The van der Waals surface area contributed by atoms with Crippen LogP contribution in [0.25, 0.3) is 5.52 Å². The van der Waals surface area contributed by atoms with Crippen LogP contribution in [-0.4, -0.2) is 15.7 Å². The van der Waals surface area contributed by atoms with E-state index in [-0.39, 0.29) is 0 Å². The molecule has 0 radical (unpaired) electrons. The molecule has 0 saturated heterocycles. The highest BCUT2D eigenvalue weighted by Crippen LogP contribution is 2.39. The zero-order valence-corrected chi connectivity index (χ0v) is 8.39. The molecule has 2 aromatic rings. The van der Waals surface area contributed by atoms with Crippen molar-refractivity contribution >= 4 is 11.8 Å². The Morgan fingerprint density at radius 3 is 3.07 bits per heavy atom. The molecule has 0 amide bonds. The largest absolute Gasteiger partial charge is 0.303 e. The van der Waals surface area contributed by atoms with Crippen molar-refractivity contribution in [3.8, 4) is 0 Å². The van der Waals surface area contributed by atoms with Crippen molar-refractivity contribution in [1.82, 2.24) is 9.38 Å². The Balaban J connectivity index is 2.13. The molecule has 0 aliphatic heterocycles. The molecule has 0 unspecified atom stereocenters. The SMILES string of the molecule is O=CCc1ccc2cnc(C3CC3)n2c1. The Kier molecular flexibility index (Phi) is 1.84. The lowest BCUT2D eigenvalue weighted by atomic mass is 10.2. The van der Waals surface area contributed by atoms with E-state index < -0.39 is 0 Å². The van der Waals surface area contributed by atoms with E-state index in [1.807, 2.05) is 24.5 Å². The van der Waals surface area contributed by atoms with Gasteiger partial charge >= 0.3 is 0 Å². The zero-order valence-electron chi connectivity index (χ0n) is 8.39. The van der Waals surface area contributed by atoms with Crippen molar-refractivity contribution in [3.63, 3.8) is 0 Å². The molecule has 3 nitrogen and oxygen atoms in total. The highest BCUT2D eigenvalue weighted by atomic mass is 16.1. The molecule has 1 saturated carbocycles. The Bertz CT molecular complexity index is 511. The topological polar surface area (TPSA) is 34.4 Å². The van der Waals surface area contributed by atoms with Crippen LogP contribution in [0.1, 0.15) is 30.1 Å². The van der Waals surface area contributed by atoms with Gasteiger partial charge in [0.25, 0.3) is 0 Å². The summed E-state index contributed by atoms with van der Waals surface area (Å²) in [6.45, 7) is 0. The van der Waals surface area contributed by atoms with Gasteiger partial charge in [0.1, 0.15) is 12.1 Å². The lowest BCUT2D eigenvalue weighted by molar-refractivity contribution is -0.107. The number of aromatic nitrogens is 2. The number of aldehydes is 1. The third-order valence-corrected chi connectivity index (χ3v) is 2.88. The zero-order chi connectivity index (χ0) is 10.3. The number of hydrogen-bond acceptors (Lipinski definition) is 2. The molecule has 0 atom stereocenters. The fourth-order valence-corrected chi connectivity index (χ4v) is 1.91. The highest BCUT2D eigenvalue weighted by Gasteiger charge is 2.27. The van der Waals surface area contributed by atoms with Gasteiger partial charge in [-0.05, 0) is 24.5 Å². The van der Waals surface area contributed by atoms with Gasteiger partial charge in [-0.2, -0.15) is 0 Å². The third-order valence-electron chi connectivity index (χ3n) is 2.88. The second-order valence-corrected chi connectivity index (χ2v) is 4.09. The summed E-state index contributed by atoms with van der Waals surface area (Å²) in [5, 5.41) is 0. The molecule has 1 fully saturated rings. The number of carbonyl (C=O) groups is 1. The summed E-state index contributed by atoms with van der Waals surface area (Å²) in [6, 6.07) is 4.01. The monoisotopic (exact) mass is 200 g/mol. The van der Waals surface area contributed by atoms with Crippen molar-refractivity contribution in [1.29, 1.82) is 0 Å². The second kappa shape index (κ2) is 3.19. The number of carbonyl (C=O) groups excluding carboxylic acids is 1. The maximum absolute atomic E-state index is 10.5. The third kappa shape index (κ3) is 1.44. The average molecular weight is 200 g/mol. The average Bonchev–Trinajstić information content (AvgIpc) is 3.00. The van der Waals surface area contributed by atoms with Gasteiger partial charge in [-0.1, -0.05) is 6.07 Å². The molecule has 0 bridgehead atoms. The molecule has 1 aliphatic carbocycles. The minimum atomic E-state index is 0.484. The number of hydrogen-bond donors (Lipinski definition) is 0. The quantitative estimate of drug-likeness (QED) is 0.710. The molecule has 15 heavy (non-hydrogen) atoms. The van der Waals surface area contributed by atoms with E-state index in [4.69, 9.17) is 0 Å². The Hall–Kier alpha value is -1.64. The normalized spacial score (nSPS) is 15.7. The van der Waals surface area contributed by atoms with Gasteiger partial charge < -0.3 is 9.20 Å². The van der Waals surface area contributed by atoms with Gasteiger partial charge in [-0.15, -0.1) is 0 Å². The highest BCUT2D eigenvalue weighted by molar-refractivity contribution is 5.56. The van der Waals surface area contributed by atoms with Crippen LogP contribution in [-0.2, 0) is 11.2 Å². The molecule has 0 spiro atoms. The molecule has 3 heteroatoms. The first-order valence-corrected chi connectivity index (χ1v) is 5.28. The first-order chi connectivity index (χ1) is 7.38. The predicted molar refractivity (Wildman–Crippen MR) is 56.9 cm³/mol. The lowest BCUT2D eigenvalue weighted by Crippen LogP contribution is -1.95. The van der Waals surface area contributed by atoms with Crippen LogP contribution < -0.4 is 0 Å². The van der Waals surface area contributed by atoms with Crippen molar-refractivity contribution in [2.75, 3.05) is 0 Å². The summed E-state index contributed by atoms with van der Waals surface area (Å²) in [7, 11) is 0. The minimum Gasteiger partial charge on any atom is -0.303 e. The molecule has 0 aromatic carbocycles. The fourth-order valence-electron chi connectivity index (χ4n) is 1.91. The first kappa shape index (κ1) is 8.65. The molecule has 2 aromatic heterocycles. The maximum atomic E-state index is 10.5. The summed E-state index contributed by atoms with van der Waals surface area (Å²) >= 11 is 0. The Labute approximate surface area is 87.7 Å². The van der Waals surface area contributed by atoms with Crippen LogP contribution in [0.2, 0.25) is 0 Å². The smallest absolute Gasteiger partial charge is 0.124 e. The number of pyridine rings is 1. The Morgan fingerprint density at radius 2 is 2.33 bits per heavy atom. The lowest BCUT2D eigenvalue weighted by Gasteiger charge is -2.01. The summed E-state index contributed by atoms with van der Waals surface area (Å²) < 4.78 is 2.12. The van der Waals surface area contributed by atoms with Crippen LogP contribution in [0.3, 0.4) is 0 Å². The standard InChI is InChI=1S/C12H12N2O/c15-6-5-9-1-4-11-7-13-12(10-2-3-10)14(11)8-9/h1,4,6-8,10H,2-3,5H2. The van der Waals surface area contributed by atoms with E-state index in [0.29, 0.717) is 12.3 Å². The number of imidazole rings is 1. The van der Waals surface area contributed by atoms with E-state index in [2.05, 4.69) is 9.38 Å². The van der Waals surface area contributed by atoms with Gasteiger partial charge in [0.15, 0.2) is 0 Å². The Morgan fingerprint density at radius 1 is 1.47 bits per heavy atom. The van der Waals surface area contributed by atoms with Gasteiger partial charge in [0.05, 0.1) is 11.7 Å². The van der Waals surface area contributed by atoms with Crippen LogP contribution in [0.4, 0.5) is 0 Å². The molecular formula is C12H12N2O. The summed E-state index contributed by atoms with van der Waals surface area (Å²) in [5.41, 5.74) is 2.17. The van der Waals surface area contributed by atoms with Gasteiger partial charge in [0.2, 0.25) is 0 Å². The minimum absolute atomic E-state index is 0.484. The van der Waals surface area contributed by atoms with Gasteiger partial charge in [0, 0.05) is 18.5 Å². The fraction of sp³-hybridized carbons (Fsp3) is 0.333. The molecular weight excluding hydrogens is 188 g/mol. The number of rotatable bonds is 3. The number of nitrogens with zero attached hydrogens (tertiary/aromatic N) is 2.